The van der Waals surface area contributed by atoms with Crippen LogP contribution in [0.15, 0.2) is 0 Å². The van der Waals surface area contributed by atoms with E-state index >= 15 is 0 Å². The SMILES string of the molecule is CCC(CC)(CN)C(=O)N(CC(C)C)C1CC1. The van der Waals surface area contributed by atoms with Crippen LogP contribution in [0.4, 0.5) is 0 Å². The molecule has 0 saturated heterocycles. The normalized spacial score (nSPS) is 16.4. The van der Waals surface area contributed by atoms with Crippen LogP contribution in [0.3, 0.4) is 0 Å². The van der Waals surface area contributed by atoms with Crippen LogP contribution in [0.5, 0.6) is 0 Å². The molecule has 3 heteroatoms. The molecule has 0 spiro atoms. The van der Waals surface area contributed by atoms with Crippen molar-refractivity contribution in [3.05, 3.63) is 0 Å². The average Bonchev–Trinajstić information content (AvgIpc) is 3.12. The Labute approximate surface area is 106 Å². The molecule has 1 saturated carbocycles. The fraction of sp³-hybridized carbons (Fsp3) is 0.929. The van der Waals surface area contributed by atoms with Gasteiger partial charge in [-0.3, -0.25) is 4.79 Å². The van der Waals surface area contributed by atoms with Gasteiger partial charge in [0.05, 0.1) is 5.41 Å². The van der Waals surface area contributed by atoms with Crippen LogP contribution in [-0.2, 0) is 4.79 Å². The van der Waals surface area contributed by atoms with E-state index in [4.69, 9.17) is 5.73 Å². The molecule has 0 atom stereocenters. The Morgan fingerprint density at radius 1 is 1.35 bits per heavy atom. The highest BCUT2D eigenvalue weighted by Crippen LogP contribution is 2.34. The third-order valence-corrected chi connectivity index (χ3v) is 4.01. The number of rotatable bonds is 7. The molecule has 0 heterocycles. The molecule has 3 nitrogen and oxygen atoms in total. The van der Waals surface area contributed by atoms with E-state index < -0.39 is 0 Å². The van der Waals surface area contributed by atoms with Gasteiger partial charge in [0.25, 0.3) is 0 Å². The highest BCUT2D eigenvalue weighted by molar-refractivity contribution is 5.83. The molecule has 1 aliphatic carbocycles. The minimum atomic E-state index is -0.322. The van der Waals surface area contributed by atoms with Crippen LogP contribution in [0.25, 0.3) is 0 Å². The topological polar surface area (TPSA) is 46.3 Å². The number of amides is 1. The largest absolute Gasteiger partial charge is 0.339 e. The lowest BCUT2D eigenvalue weighted by molar-refractivity contribution is -0.143. The summed E-state index contributed by atoms with van der Waals surface area (Å²) in [7, 11) is 0. The molecule has 1 rings (SSSR count). The zero-order valence-electron chi connectivity index (χ0n) is 11.8. The summed E-state index contributed by atoms with van der Waals surface area (Å²) in [6, 6.07) is 0.494. The van der Waals surface area contributed by atoms with E-state index in [1.165, 1.54) is 12.8 Å². The molecule has 0 aliphatic heterocycles. The van der Waals surface area contributed by atoms with Gasteiger partial charge >= 0.3 is 0 Å². The van der Waals surface area contributed by atoms with E-state index in [1.54, 1.807) is 0 Å². The third-order valence-electron chi connectivity index (χ3n) is 4.01. The molecular weight excluding hydrogens is 212 g/mol. The second-order valence-electron chi connectivity index (χ2n) is 5.77. The molecular formula is C14H28N2O. The van der Waals surface area contributed by atoms with Crippen molar-refractivity contribution in [3.63, 3.8) is 0 Å². The Morgan fingerprint density at radius 3 is 2.18 bits per heavy atom. The predicted molar refractivity (Wildman–Crippen MR) is 71.6 cm³/mol. The number of hydrogen-bond donors (Lipinski definition) is 1. The highest BCUT2D eigenvalue weighted by Gasteiger charge is 2.42. The Bertz CT molecular complexity index is 247. The number of carbonyl (C=O) groups is 1. The van der Waals surface area contributed by atoms with Gasteiger partial charge in [0.2, 0.25) is 5.91 Å². The molecule has 1 fully saturated rings. The molecule has 100 valence electrons. The van der Waals surface area contributed by atoms with Crippen molar-refractivity contribution in [1.29, 1.82) is 0 Å². The fourth-order valence-corrected chi connectivity index (χ4v) is 2.41. The van der Waals surface area contributed by atoms with Crippen molar-refractivity contribution in [2.24, 2.45) is 17.1 Å². The van der Waals surface area contributed by atoms with Gasteiger partial charge in [0, 0.05) is 19.1 Å². The van der Waals surface area contributed by atoms with E-state index in [9.17, 15) is 4.79 Å². The second kappa shape index (κ2) is 5.85. The summed E-state index contributed by atoms with van der Waals surface area (Å²) in [5.41, 5.74) is 5.55. The molecule has 2 N–H and O–H groups in total. The zero-order chi connectivity index (χ0) is 13.1. The number of hydrogen-bond acceptors (Lipinski definition) is 2. The zero-order valence-corrected chi connectivity index (χ0v) is 11.8. The molecule has 0 radical (unpaired) electrons. The van der Waals surface area contributed by atoms with Crippen molar-refractivity contribution >= 4 is 5.91 Å². The van der Waals surface area contributed by atoms with Gasteiger partial charge in [-0.1, -0.05) is 27.7 Å². The van der Waals surface area contributed by atoms with Crippen LogP contribution in [0.2, 0.25) is 0 Å². The van der Waals surface area contributed by atoms with Gasteiger partial charge in [-0.2, -0.15) is 0 Å². The average molecular weight is 240 g/mol. The highest BCUT2D eigenvalue weighted by atomic mass is 16.2. The fourth-order valence-electron chi connectivity index (χ4n) is 2.41. The summed E-state index contributed by atoms with van der Waals surface area (Å²) < 4.78 is 0. The molecule has 0 aromatic heterocycles. The molecule has 0 bridgehead atoms. The number of nitrogens with zero attached hydrogens (tertiary/aromatic N) is 1. The maximum absolute atomic E-state index is 12.7. The minimum Gasteiger partial charge on any atom is -0.339 e. The third kappa shape index (κ3) is 3.21. The van der Waals surface area contributed by atoms with E-state index in [-0.39, 0.29) is 5.41 Å². The monoisotopic (exact) mass is 240 g/mol. The summed E-state index contributed by atoms with van der Waals surface area (Å²) in [6.45, 7) is 9.85. The standard InChI is InChI=1S/C14H28N2O/c1-5-14(6-2,10-15)13(17)16(9-11(3)4)12-7-8-12/h11-12H,5-10,15H2,1-4H3. The molecule has 0 aromatic carbocycles. The Hall–Kier alpha value is -0.570. The lowest BCUT2D eigenvalue weighted by Crippen LogP contribution is -2.49. The lowest BCUT2D eigenvalue weighted by atomic mass is 9.80. The van der Waals surface area contributed by atoms with Crippen molar-refractivity contribution in [1.82, 2.24) is 4.90 Å². The van der Waals surface area contributed by atoms with Crippen LogP contribution < -0.4 is 5.73 Å². The Morgan fingerprint density at radius 2 is 1.88 bits per heavy atom. The molecule has 1 amide bonds. The number of carbonyl (C=O) groups excluding carboxylic acids is 1. The first kappa shape index (κ1) is 14.5. The van der Waals surface area contributed by atoms with Gasteiger partial charge < -0.3 is 10.6 Å². The Kier molecular flexibility index (Phi) is 4.99. The smallest absolute Gasteiger partial charge is 0.230 e. The van der Waals surface area contributed by atoms with Crippen LogP contribution >= 0.6 is 0 Å². The van der Waals surface area contributed by atoms with Gasteiger partial charge in [-0.05, 0) is 31.6 Å². The van der Waals surface area contributed by atoms with Gasteiger partial charge in [0.15, 0.2) is 0 Å². The van der Waals surface area contributed by atoms with Gasteiger partial charge in [-0.25, -0.2) is 0 Å². The summed E-state index contributed by atoms with van der Waals surface area (Å²) in [5.74, 6) is 0.824. The van der Waals surface area contributed by atoms with Crippen LogP contribution in [0.1, 0.15) is 53.4 Å². The van der Waals surface area contributed by atoms with Crippen LogP contribution in [0, 0.1) is 11.3 Å². The summed E-state index contributed by atoms with van der Waals surface area (Å²) >= 11 is 0. The van der Waals surface area contributed by atoms with E-state index in [2.05, 4.69) is 32.6 Å². The first-order valence-electron chi connectivity index (χ1n) is 7.01. The molecule has 17 heavy (non-hydrogen) atoms. The summed E-state index contributed by atoms with van der Waals surface area (Å²) in [4.78, 5) is 14.8. The van der Waals surface area contributed by atoms with Gasteiger partial charge in [0.1, 0.15) is 0 Å². The van der Waals surface area contributed by atoms with Crippen molar-refractivity contribution in [2.75, 3.05) is 13.1 Å². The maximum Gasteiger partial charge on any atom is 0.230 e. The quantitative estimate of drug-likeness (QED) is 0.742. The predicted octanol–water partition coefficient (Wildman–Crippen LogP) is 2.40. The van der Waals surface area contributed by atoms with E-state index in [1.807, 2.05) is 0 Å². The first-order chi connectivity index (χ1) is 8.00. The number of nitrogens with two attached hydrogens (primary N) is 1. The lowest BCUT2D eigenvalue weighted by Gasteiger charge is -2.36. The van der Waals surface area contributed by atoms with Crippen molar-refractivity contribution in [2.45, 2.75) is 59.4 Å². The van der Waals surface area contributed by atoms with Crippen molar-refractivity contribution in [3.8, 4) is 0 Å². The first-order valence-corrected chi connectivity index (χ1v) is 7.01. The van der Waals surface area contributed by atoms with Gasteiger partial charge in [-0.15, -0.1) is 0 Å². The van der Waals surface area contributed by atoms with E-state index in [0.29, 0.717) is 24.4 Å². The second-order valence-corrected chi connectivity index (χ2v) is 5.77. The maximum atomic E-state index is 12.7. The Balaban J connectivity index is 2.81. The molecule has 0 unspecified atom stereocenters. The molecule has 1 aliphatic rings. The van der Waals surface area contributed by atoms with Crippen molar-refractivity contribution < 1.29 is 4.79 Å². The minimum absolute atomic E-state index is 0.293. The molecule has 0 aromatic rings. The van der Waals surface area contributed by atoms with E-state index in [0.717, 1.165) is 19.4 Å². The summed E-state index contributed by atoms with van der Waals surface area (Å²) in [6.07, 6.45) is 4.04. The summed E-state index contributed by atoms with van der Waals surface area (Å²) in [5, 5.41) is 0. The van der Waals surface area contributed by atoms with Crippen LogP contribution in [-0.4, -0.2) is 29.9 Å².